The highest BCUT2D eigenvalue weighted by Gasteiger charge is 2.14. The molecule has 2 aromatic heterocycles. The first-order valence-electron chi connectivity index (χ1n) is 5.52. The van der Waals surface area contributed by atoms with Crippen molar-refractivity contribution in [1.82, 2.24) is 4.98 Å². The topological polar surface area (TPSA) is 76.2 Å². The molecule has 0 radical (unpaired) electrons. The van der Waals surface area contributed by atoms with E-state index in [2.05, 4.69) is 9.40 Å². The minimum atomic E-state index is -0.887. The smallest absolute Gasteiger partial charge is 0.399 e. The zero-order valence-corrected chi connectivity index (χ0v) is 9.60. The summed E-state index contributed by atoms with van der Waals surface area (Å²) < 4.78 is 23.1. The Bertz CT molecular complexity index is 859. The molecule has 96 valence electrons. The molecular formula is C13H8FNO4. The lowest BCUT2D eigenvalue weighted by Crippen LogP contribution is -2.14. The van der Waals surface area contributed by atoms with Gasteiger partial charge >= 0.3 is 5.82 Å². The molecule has 3 aromatic rings. The van der Waals surface area contributed by atoms with E-state index in [4.69, 9.17) is 4.42 Å². The van der Waals surface area contributed by atoms with Crippen LogP contribution in [0.1, 0.15) is 11.3 Å². The SMILES string of the molecule is O=c1occ(Cc2c(F)c(=O)[nH]c3ccccc23)o1. The van der Waals surface area contributed by atoms with Gasteiger partial charge in [0, 0.05) is 22.9 Å². The van der Waals surface area contributed by atoms with Crippen molar-refractivity contribution in [3.63, 3.8) is 0 Å². The second-order valence-electron chi connectivity index (χ2n) is 4.02. The monoisotopic (exact) mass is 261 g/mol. The number of aromatic amines is 1. The Kier molecular flexibility index (Phi) is 2.56. The first kappa shape index (κ1) is 11.5. The van der Waals surface area contributed by atoms with Gasteiger partial charge in [0.2, 0.25) is 0 Å². The molecule has 0 bridgehead atoms. The van der Waals surface area contributed by atoms with Crippen LogP contribution >= 0.6 is 0 Å². The second kappa shape index (κ2) is 4.24. The summed E-state index contributed by atoms with van der Waals surface area (Å²) in [7, 11) is 0. The van der Waals surface area contributed by atoms with Gasteiger partial charge in [0.15, 0.2) is 11.6 Å². The highest BCUT2D eigenvalue weighted by Crippen LogP contribution is 2.20. The molecule has 19 heavy (non-hydrogen) atoms. The Labute approximate surface area is 105 Å². The minimum absolute atomic E-state index is 0.0258. The summed E-state index contributed by atoms with van der Waals surface area (Å²) in [5.41, 5.74) is -0.113. The number of aromatic nitrogens is 1. The van der Waals surface area contributed by atoms with Crippen LogP contribution in [0.5, 0.6) is 0 Å². The standard InChI is InChI=1S/C13H8FNO4/c14-11-9(5-7-6-18-13(17)19-7)8-3-1-2-4-10(8)15-12(11)16/h1-4,6H,5H2,(H,15,16). The van der Waals surface area contributed by atoms with Gasteiger partial charge in [-0.1, -0.05) is 18.2 Å². The van der Waals surface area contributed by atoms with E-state index < -0.39 is 17.2 Å². The van der Waals surface area contributed by atoms with Crippen molar-refractivity contribution < 1.29 is 13.2 Å². The Hall–Kier alpha value is -2.63. The fourth-order valence-corrected chi connectivity index (χ4v) is 1.98. The predicted octanol–water partition coefficient (Wildman–Crippen LogP) is 1.80. The van der Waals surface area contributed by atoms with E-state index in [1.54, 1.807) is 24.3 Å². The number of hydrogen-bond acceptors (Lipinski definition) is 4. The van der Waals surface area contributed by atoms with E-state index in [-0.39, 0.29) is 17.7 Å². The molecule has 0 unspecified atom stereocenters. The summed E-state index contributed by atoms with van der Waals surface area (Å²) in [6, 6.07) is 6.82. The van der Waals surface area contributed by atoms with E-state index in [1.165, 1.54) is 0 Å². The third kappa shape index (κ3) is 1.97. The number of para-hydroxylation sites is 1. The van der Waals surface area contributed by atoms with Gasteiger partial charge in [0.25, 0.3) is 5.56 Å². The van der Waals surface area contributed by atoms with Crippen LogP contribution < -0.4 is 11.4 Å². The Morgan fingerprint density at radius 3 is 2.74 bits per heavy atom. The Balaban J connectivity index is 2.24. The zero-order valence-electron chi connectivity index (χ0n) is 9.60. The maximum absolute atomic E-state index is 13.9. The van der Waals surface area contributed by atoms with E-state index >= 15 is 0 Å². The van der Waals surface area contributed by atoms with Crippen LogP contribution in [0.2, 0.25) is 0 Å². The molecule has 1 N–H and O–H groups in total. The van der Waals surface area contributed by atoms with Gasteiger partial charge in [0.1, 0.15) is 6.26 Å². The summed E-state index contributed by atoms with van der Waals surface area (Å²) >= 11 is 0. The predicted molar refractivity (Wildman–Crippen MR) is 64.6 cm³/mol. The molecule has 5 nitrogen and oxygen atoms in total. The summed E-state index contributed by atoms with van der Waals surface area (Å²) in [5, 5.41) is 0.559. The molecule has 0 aliphatic heterocycles. The number of hydrogen-bond donors (Lipinski definition) is 1. The first-order valence-corrected chi connectivity index (χ1v) is 5.52. The van der Waals surface area contributed by atoms with Crippen molar-refractivity contribution in [2.75, 3.05) is 0 Å². The number of H-pyrrole nitrogens is 1. The van der Waals surface area contributed by atoms with Crippen molar-refractivity contribution >= 4 is 10.9 Å². The van der Waals surface area contributed by atoms with Crippen LogP contribution in [0.25, 0.3) is 10.9 Å². The normalized spacial score (nSPS) is 11.0. The maximum Gasteiger partial charge on any atom is 0.518 e. The maximum atomic E-state index is 13.9. The fourth-order valence-electron chi connectivity index (χ4n) is 1.98. The molecule has 2 heterocycles. The highest BCUT2D eigenvalue weighted by atomic mass is 19.1. The second-order valence-corrected chi connectivity index (χ2v) is 4.02. The molecule has 1 aromatic carbocycles. The third-order valence-corrected chi connectivity index (χ3v) is 2.82. The van der Waals surface area contributed by atoms with Crippen molar-refractivity contribution in [3.8, 4) is 0 Å². The number of benzene rings is 1. The molecule has 0 spiro atoms. The van der Waals surface area contributed by atoms with Crippen molar-refractivity contribution in [2.24, 2.45) is 0 Å². The van der Waals surface area contributed by atoms with Crippen LogP contribution in [0.3, 0.4) is 0 Å². The average Bonchev–Trinajstić information content (AvgIpc) is 2.80. The molecule has 0 aliphatic rings. The quantitative estimate of drug-likeness (QED) is 0.763. The van der Waals surface area contributed by atoms with Crippen LogP contribution in [-0.2, 0) is 6.42 Å². The molecule has 0 atom stereocenters. The lowest BCUT2D eigenvalue weighted by atomic mass is 10.0. The van der Waals surface area contributed by atoms with E-state index in [1.807, 2.05) is 0 Å². The van der Waals surface area contributed by atoms with E-state index in [0.717, 1.165) is 6.26 Å². The van der Waals surface area contributed by atoms with Gasteiger partial charge < -0.3 is 13.8 Å². The molecule has 6 heteroatoms. The van der Waals surface area contributed by atoms with E-state index in [0.29, 0.717) is 10.9 Å². The van der Waals surface area contributed by atoms with Crippen LogP contribution in [-0.4, -0.2) is 4.98 Å². The van der Waals surface area contributed by atoms with Crippen molar-refractivity contribution in [2.45, 2.75) is 6.42 Å². The minimum Gasteiger partial charge on any atom is -0.399 e. The summed E-state index contributed by atoms with van der Waals surface area (Å²) in [5.74, 6) is -1.58. The van der Waals surface area contributed by atoms with Crippen LogP contribution in [0.15, 0.2) is 49.0 Å². The molecule has 0 saturated heterocycles. The third-order valence-electron chi connectivity index (χ3n) is 2.82. The van der Waals surface area contributed by atoms with Gasteiger partial charge in [0.05, 0.1) is 0 Å². The van der Waals surface area contributed by atoms with E-state index in [9.17, 15) is 14.0 Å². The lowest BCUT2D eigenvalue weighted by molar-refractivity contribution is 0.375. The molecule has 0 aliphatic carbocycles. The molecule has 3 rings (SSSR count). The van der Waals surface area contributed by atoms with Crippen molar-refractivity contribution in [3.05, 3.63) is 68.6 Å². The molecular weight excluding hydrogens is 253 g/mol. The van der Waals surface area contributed by atoms with Gasteiger partial charge in [-0.15, -0.1) is 0 Å². The number of halogens is 1. The van der Waals surface area contributed by atoms with Gasteiger partial charge in [-0.3, -0.25) is 4.79 Å². The first-order chi connectivity index (χ1) is 9.15. The summed E-state index contributed by atoms with van der Waals surface area (Å²) in [4.78, 5) is 24.7. The average molecular weight is 261 g/mol. The Morgan fingerprint density at radius 2 is 2.00 bits per heavy atom. The van der Waals surface area contributed by atoms with Gasteiger partial charge in [-0.25, -0.2) is 9.18 Å². The number of rotatable bonds is 2. The van der Waals surface area contributed by atoms with Crippen molar-refractivity contribution in [1.29, 1.82) is 0 Å². The Morgan fingerprint density at radius 1 is 1.21 bits per heavy atom. The van der Waals surface area contributed by atoms with Crippen LogP contribution in [0.4, 0.5) is 4.39 Å². The number of pyridine rings is 1. The zero-order chi connectivity index (χ0) is 13.4. The largest absolute Gasteiger partial charge is 0.518 e. The number of nitrogens with one attached hydrogen (secondary N) is 1. The summed E-state index contributed by atoms with van der Waals surface area (Å²) in [6.07, 6.45) is 1.08. The highest BCUT2D eigenvalue weighted by molar-refractivity contribution is 5.82. The molecule has 0 fully saturated rings. The van der Waals surface area contributed by atoms with Crippen LogP contribution in [0, 0.1) is 5.82 Å². The lowest BCUT2D eigenvalue weighted by Gasteiger charge is -2.05. The number of fused-ring (bicyclic) bond motifs is 1. The summed E-state index contributed by atoms with van der Waals surface area (Å²) in [6.45, 7) is 0. The van der Waals surface area contributed by atoms with Gasteiger partial charge in [-0.05, 0) is 6.07 Å². The van der Waals surface area contributed by atoms with Gasteiger partial charge in [-0.2, -0.15) is 0 Å². The molecule has 0 amide bonds. The fraction of sp³-hybridized carbons (Fsp3) is 0.0769. The molecule has 0 saturated carbocycles.